The molecule has 0 fully saturated rings. The van der Waals surface area contributed by atoms with Crippen LogP contribution in [-0.4, -0.2) is 28.8 Å². The second-order valence-corrected chi connectivity index (χ2v) is 6.70. The average molecular weight is 390 g/mol. The number of ether oxygens (including phenoxy) is 2. The van der Waals surface area contributed by atoms with E-state index in [2.05, 4.69) is 27.4 Å². The fraction of sp³-hybridized carbons (Fsp3) is 0.182. The third kappa shape index (κ3) is 4.08. The summed E-state index contributed by atoms with van der Waals surface area (Å²) >= 11 is 0. The molecule has 2 aromatic carbocycles. The van der Waals surface area contributed by atoms with Crippen molar-refractivity contribution in [3.05, 3.63) is 82.7 Å². The quantitative estimate of drug-likeness (QED) is 0.505. The Morgan fingerprint density at radius 1 is 1.07 bits per heavy atom. The summed E-state index contributed by atoms with van der Waals surface area (Å²) in [5.41, 5.74) is 3.35. The first kappa shape index (κ1) is 18.6. The van der Waals surface area contributed by atoms with Gasteiger partial charge in [0.2, 0.25) is 0 Å². The van der Waals surface area contributed by atoms with Crippen molar-refractivity contribution in [1.82, 2.24) is 14.5 Å². The van der Waals surface area contributed by atoms with Gasteiger partial charge in [0.15, 0.2) is 11.5 Å². The van der Waals surface area contributed by atoms with Crippen molar-refractivity contribution in [2.75, 3.05) is 19.5 Å². The molecule has 4 aromatic rings. The number of nitrogens with one attached hydrogen (secondary N) is 2. The van der Waals surface area contributed by atoms with E-state index in [1.807, 2.05) is 35.0 Å². The highest BCUT2D eigenvalue weighted by Crippen LogP contribution is 2.31. The van der Waals surface area contributed by atoms with Crippen molar-refractivity contribution in [3.8, 4) is 11.5 Å². The smallest absolute Gasteiger partial charge is 0.253 e. The molecule has 2 N–H and O–H groups in total. The second kappa shape index (κ2) is 8.10. The predicted octanol–water partition coefficient (Wildman–Crippen LogP) is 3.40. The number of pyridine rings is 1. The van der Waals surface area contributed by atoms with Gasteiger partial charge in [-0.05, 0) is 29.8 Å². The Labute approximate surface area is 167 Å². The van der Waals surface area contributed by atoms with Gasteiger partial charge in [-0.3, -0.25) is 4.79 Å². The minimum absolute atomic E-state index is 0.131. The molecule has 0 amide bonds. The summed E-state index contributed by atoms with van der Waals surface area (Å²) in [6, 6.07) is 13.6. The van der Waals surface area contributed by atoms with E-state index in [9.17, 15) is 4.79 Å². The molecule has 2 heterocycles. The summed E-state index contributed by atoms with van der Waals surface area (Å²) in [7, 11) is 3.16. The number of methoxy groups -OCH3 is 2. The van der Waals surface area contributed by atoms with E-state index in [4.69, 9.17) is 9.47 Å². The number of anilines is 1. The van der Waals surface area contributed by atoms with Gasteiger partial charge in [0, 0.05) is 48.2 Å². The number of hydrogen-bond acceptors (Lipinski definition) is 5. The van der Waals surface area contributed by atoms with Crippen LogP contribution < -0.4 is 20.3 Å². The molecule has 0 spiro atoms. The van der Waals surface area contributed by atoms with Gasteiger partial charge in [-0.25, -0.2) is 4.98 Å². The summed E-state index contributed by atoms with van der Waals surface area (Å²) in [6.07, 6.45) is 5.49. The van der Waals surface area contributed by atoms with Crippen molar-refractivity contribution in [3.63, 3.8) is 0 Å². The maximum absolute atomic E-state index is 12.5. The van der Waals surface area contributed by atoms with Crippen LogP contribution in [0.2, 0.25) is 0 Å². The van der Waals surface area contributed by atoms with Crippen LogP contribution in [0.1, 0.15) is 11.1 Å². The normalized spacial score (nSPS) is 10.8. The van der Waals surface area contributed by atoms with Crippen molar-refractivity contribution in [1.29, 1.82) is 0 Å². The zero-order valence-electron chi connectivity index (χ0n) is 16.3. The van der Waals surface area contributed by atoms with Crippen LogP contribution in [0, 0.1) is 0 Å². The molecule has 0 aliphatic rings. The number of imidazole rings is 1. The molecular formula is C22H22N4O3. The van der Waals surface area contributed by atoms with Gasteiger partial charge in [-0.15, -0.1) is 0 Å². The SMILES string of the molecule is COc1cc2cc(CNc3ccc(Cn4ccnc4)cc3)c(=O)[nH]c2cc1OC. The molecule has 4 rings (SSSR count). The van der Waals surface area contributed by atoms with Crippen LogP contribution in [-0.2, 0) is 13.1 Å². The molecular weight excluding hydrogens is 368 g/mol. The molecule has 29 heavy (non-hydrogen) atoms. The van der Waals surface area contributed by atoms with Gasteiger partial charge >= 0.3 is 0 Å². The van der Waals surface area contributed by atoms with E-state index in [0.29, 0.717) is 29.1 Å². The van der Waals surface area contributed by atoms with Crippen LogP contribution in [0.25, 0.3) is 10.9 Å². The molecule has 2 aromatic heterocycles. The highest BCUT2D eigenvalue weighted by Gasteiger charge is 2.09. The Bertz CT molecular complexity index is 1170. The zero-order valence-corrected chi connectivity index (χ0v) is 16.3. The number of aromatic nitrogens is 3. The number of hydrogen-bond donors (Lipinski definition) is 2. The fourth-order valence-electron chi connectivity index (χ4n) is 3.23. The summed E-state index contributed by atoms with van der Waals surface area (Å²) < 4.78 is 12.7. The summed E-state index contributed by atoms with van der Waals surface area (Å²) in [6.45, 7) is 1.19. The molecule has 148 valence electrons. The zero-order chi connectivity index (χ0) is 20.2. The highest BCUT2D eigenvalue weighted by atomic mass is 16.5. The molecule has 7 nitrogen and oxygen atoms in total. The highest BCUT2D eigenvalue weighted by molar-refractivity contribution is 5.83. The fourth-order valence-corrected chi connectivity index (χ4v) is 3.23. The molecule has 7 heteroatoms. The van der Waals surface area contributed by atoms with Gasteiger partial charge < -0.3 is 24.3 Å². The van der Waals surface area contributed by atoms with Crippen molar-refractivity contribution < 1.29 is 9.47 Å². The third-order valence-corrected chi connectivity index (χ3v) is 4.79. The lowest BCUT2D eigenvalue weighted by Crippen LogP contribution is -2.15. The molecule has 0 saturated heterocycles. The molecule has 0 saturated carbocycles. The second-order valence-electron chi connectivity index (χ2n) is 6.70. The Morgan fingerprint density at radius 3 is 2.52 bits per heavy atom. The molecule has 0 atom stereocenters. The monoisotopic (exact) mass is 390 g/mol. The lowest BCUT2D eigenvalue weighted by atomic mass is 10.1. The number of rotatable bonds is 7. The first-order chi connectivity index (χ1) is 14.2. The van der Waals surface area contributed by atoms with E-state index >= 15 is 0 Å². The Hall–Kier alpha value is -3.74. The molecule has 0 aliphatic carbocycles. The molecule has 0 bridgehead atoms. The van der Waals surface area contributed by atoms with Gasteiger partial charge in [-0.2, -0.15) is 0 Å². The molecule has 0 radical (unpaired) electrons. The first-order valence-corrected chi connectivity index (χ1v) is 9.23. The van der Waals surface area contributed by atoms with E-state index < -0.39 is 0 Å². The predicted molar refractivity (Wildman–Crippen MR) is 113 cm³/mol. The van der Waals surface area contributed by atoms with Crippen LogP contribution >= 0.6 is 0 Å². The van der Waals surface area contributed by atoms with Gasteiger partial charge in [0.25, 0.3) is 5.56 Å². The number of fused-ring (bicyclic) bond motifs is 1. The number of benzene rings is 2. The van der Waals surface area contributed by atoms with Gasteiger partial charge in [0.05, 0.1) is 26.1 Å². The van der Waals surface area contributed by atoms with Crippen molar-refractivity contribution in [2.24, 2.45) is 0 Å². The standard InChI is InChI=1S/C22H22N4O3/c1-28-20-10-16-9-17(22(27)25-19(16)11-21(20)29-2)12-24-18-5-3-15(4-6-18)13-26-8-7-23-14-26/h3-11,14,24H,12-13H2,1-2H3,(H,25,27). The van der Waals surface area contributed by atoms with E-state index in [1.54, 1.807) is 32.8 Å². The van der Waals surface area contributed by atoms with Crippen molar-refractivity contribution >= 4 is 16.6 Å². The topological polar surface area (TPSA) is 81.2 Å². The number of aromatic amines is 1. The Morgan fingerprint density at radius 2 is 1.83 bits per heavy atom. The maximum Gasteiger partial charge on any atom is 0.253 e. The summed E-state index contributed by atoms with van der Waals surface area (Å²) in [5.74, 6) is 1.21. The van der Waals surface area contributed by atoms with E-state index in [0.717, 1.165) is 17.6 Å². The third-order valence-electron chi connectivity index (χ3n) is 4.79. The van der Waals surface area contributed by atoms with Gasteiger partial charge in [0.1, 0.15) is 0 Å². The Balaban J connectivity index is 1.50. The number of nitrogens with zero attached hydrogens (tertiary/aromatic N) is 2. The maximum atomic E-state index is 12.5. The Kier molecular flexibility index (Phi) is 5.20. The van der Waals surface area contributed by atoms with Gasteiger partial charge in [-0.1, -0.05) is 12.1 Å². The van der Waals surface area contributed by atoms with Crippen molar-refractivity contribution in [2.45, 2.75) is 13.1 Å². The minimum atomic E-state index is -0.131. The number of H-pyrrole nitrogens is 1. The molecule has 0 aliphatic heterocycles. The summed E-state index contributed by atoms with van der Waals surface area (Å²) in [4.78, 5) is 19.4. The first-order valence-electron chi connectivity index (χ1n) is 9.23. The van der Waals surface area contributed by atoms with Crippen LogP contribution in [0.4, 0.5) is 5.69 Å². The van der Waals surface area contributed by atoms with Crippen LogP contribution in [0.5, 0.6) is 11.5 Å². The van der Waals surface area contributed by atoms with E-state index in [-0.39, 0.29) is 5.56 Å². The lowest BCUT2D eigenvalue weighted by Gasteiger charge is -2.11. The molecule has 0 unspecified atom stereocenters. The lowest BCUT2D eigenvalue weighted by molar-refractivity contribution is 0.356. The van der Waals surface area contributed by atoms with Crippen LogP contribution in [0.15, 0.2) is 66.0 Å². The minimum Gasteiger partial charge on any atom is -0.493 e. The summed E-state index contributed by atoms with van der Waals surface area (Å²) in [5, 5.41) is 4.19. The van der Waals surface area contributed by atoms with Crippen LogP contribution in [0.3, 0.4) is 0 Å². The largest absolute Gasteiger partial charge is 0.493 e. The van der Waals surface area contributed by atoms with E-state index in [1.165, 1.54) is 5.56 Å². The average Bonchev–Trinajstić information content (AvgIpc) is 3.25.